The molecule has 72 valence electrons. The van der Waals surface area contributed by atoms with Crippen molar-refractivity contribution >= 4 is 0 Å². The Morgan fingerprint density at radius 3 is 2.33 bits per heavy atom. The lowest BCUT2D eigenvalue weighted by atomic mass is 10.0. The molecule has 1 aliphatic carbocycles. The summed E-state index contributed by atoms with van der Waals surface area (Å²) in [5, 5.41) is 11.9. The van der Waals surface area contributed by atoms with Gasteiger partial charge in [-0.3, -0.25) is 0 Å². The predicted molar refractivity (Wildman–Crippen MR) is 51.1 cm³/mol. The zero-order valence-electron chi connectivity index (χ0n) is 7.89. The highest BCUT2D eigenvalue weighted by atomic mass is 16.3. The van der Waals surface area contributed by atoms with Crippen LogP contribution in [-0.4, -0.2) is 24.8 Å². The van der Waals surface area contributed by atoms with Crippen molar-refractivity contribution in [2.24, 2.45) is 5.92 Å². The molecule has 1 fully saturated rings. The molecule has 1 saturated carbocycles. The Hall–Kier alpha value is -0.0800. The van der Waals surface area contributed by atoms with Crippen LogP contribution in [0.3, 0.4) is 0 Å². The Morgan fingerprint density at radius 1 is 1.08 bits per heavy atom. The van der Waals surface area contributed by atoms with E-state index in [0.29, 0.717) is 0 Å². The maximum absolute atomic E-state index is 8.59. The van der Waals surface area contributed by atoms with E-state index in [1.807, 2.05) is 0 Å². The normalized spacial score (nSPS) is 20.8. The summed E-state index contributed by atoms with van der Waals surface area (Å²) in [5.41, 5.74) is 0. The second-order valence-corrected chi connectivity index (χ2v) is 3.79. The number of nitrogens with one attached hydrogen (secondary N) is 1. The predicted octanol–water partition coefficient (Wildman–Crippen LogP) is 1.54. The summed E-state index contributed by atoms with van der Waals surface area (Å²) in [6, 6.07) is 0. The minimum Gasteiger partial charge on any atom is -0.395 e. The first-order valence-electron chi connectivity index (χ1n) is 5.25. The molecule has 0 bridgehead atoms. The van der Waals surface area contributed by atoms with Crippen molar-refractivity contribution in [1.29, 1.82) is 0 Å². The maximum Gasteiger partial charge on any atom is 0.0555 e. The zero-order chi connectivity index (χ0) is 8.65. The van der Waals surface area contributed by atoms with Crippen molar-refractivity contribution in [3.63, 3.8) is 0 Å². The van der Waals surface area contributed by atoms with Crippen molar-refractivity contribution in [3.8, 4) is 0 Å². The number of hydrogen-bond donors (Lipinski definition) is 2. The molecule has 12 heavy (non-hydrogen) atoms. The highest BCUT2D eigenvalue weighted by molar-refractivity contribution is 4.66. The molecule has 0 amide bonds. The molecule has 0 atom stereocenters. The molecule has 0 radical (unpaired) electrons. The second kappa shape index (κ2) is 6.44. The van der Waals surface area contributed by atoms with Gasteiger partial charge in [-0.1, -0.05) is 25.7 Å². The lowest BCUT2D eigenvalue weighted by molar-refractivity contribution is 0.285. The van der Waals surface area contributed by atoms with Gasteiger partial charge in [-0.25, -0.2) is 0 Å². The quantitative estimate of drug-likeness (QED) is 0.497. The standard InChI is InChI=1S/C10H21NO/c12-8-7-11-9-10-5-3-1-2-4-6-10/h10-12H,1-9H2. The molecule has 0 spiro atoms. The summed E-state index contributed by atoms with van der Waals surface area (Å²) in [5.74, 6) is 0.874. The van der Waals surface area contributed by atoms with Gasteiger partial charge < -0.3 is 10.4 Å². The van der Waals surface area contributed by atoms with Crippen LogP contribution < -0.4 is 5.32 Å². The molecule has 0 heterocycles. The van der Waals surface area contributed by atoms with Crippen LogP contribution in [0.5, 0.6) is 0 Å². The summed E-state index contributed by atoms with van der Waals surface area (Å²) < 4.78 is 0. The molecule has 2 heteroatoms. The third kappa shape index (κ3) is 4.07. The van der Waals surface area contributed by atoms with E-state index >= 15 is 0 Å². The van der Waals surface area contributed by atoms with E-state index in [1.54, 1.807) is 0 Å². The maximum atomic E-state index is 8.59. The second-order valence-electron chi connectivity index (χ2n) is 3.79. The summed E-state index contributed by atoms with van der Waals surface area (Å²) in [6.07, 6.45) is 8.45. The minimum absolute atomic E-state index is 0.271. The highest BCUT2D eigenvalue weighted by Gasteiger charge is 2.10. The summed E-state index contributed by atoms with van der Waals surface area (Å²) in [6.45, 7) is 2.14. The molecule has 0 aliphatic heterocycles. The smallest absolute Gasteiger partial charge is 0.0555 e. The fourth-order valence-electron chi connectivity index (χ4n) is 1.95. The van der Waals surface area contributed by atoms with Crippen LogP contribution in [0.15, 0.2) is 0 Å². The molecular weight excluding hydrogens is 150 g/mol. The van der Waals surface area contributed by atoms with Gasteiger partial charge in [-0.15, -0.1) is 0 Å². The third-order valence-electron chi connectivity index (χ3n) is 2.70. The highest BCUT2D eigenvalue weighted by Crippen LogP contribution is 2.21. The number of hydrogen-bond acceptors (Lipinski definition) is 2. The first kappa shape index (κ1) is 10.0. The van der Waals surface area contributed by atoms with E-state index < -0.39 is 0 Å². The van der Waals surface area contributed by atoms with E-state index in [2.05, 4.69) is 5.32 Å². The minimum atomic E-state index is 0.271. The van der Waals surface area contributed by atoms with Gasteiger partial charge in [-0.05, 0) is 25.3 Å². The molecule has 2 N–H and O–H groups in total. The van der Waals surface area contributed by atoms with Gasteiger partial charge in [0.25, 0.3) is 0 Å². The van der Waals surface area contributed by atoms with E-state index in [9.17, 15) is 0 Å². The molecule has 1 aliphatic rings. The van der Waals surface area contributed by atoms with Gasteiger partial charge in [0.05, 0.1) is 6.61 Å². The zero-order valence-corrected chi connectivity index (χ0v) is 7.89. The Labute approximate surface area is 75.4 Å². The average molecular weight is 171 g/mol. The topological polar surface area (TPSA) is 32.3 Å². The summed E-state index contributed by atoms with van der Waals surface area (Å²) in [4.78, 5) is 0. The van der Waals surface area contributed by atoms with E-state index in [1.165, 1.54) is 38.5 Å². The Morgan fingerprint density at radius 2 is 1.75 bits per heavy atom. The Balaban J connectivity index is 2.04. The van der Waals surface area contributed by atoms with Crippen LogP contribution in [0, 0.1) is 5.92 Å². The monoisotopic (exact) mass is 171 g/mol. The molecule has 0 aromatic heterocycles. The molecular formula is C10H21NO. The van der Waals surface area contributed by atoms with Crippen molar-refractivity contribution < 1.29 is 5.11 Å². The fourth-order valence-corrected chi connectivity index (χ4v) is 1.95. The largest absolute Gasteiger partial charge is 0.395 e. The molecule has 0 aromatic carbocycles. The van der Waals surface area contributed by atoms with E-state index in [4.69, 9.17) is 5.11 Å². The fraction of sp³-hybridized carbons (Fsp3) is 1.00. The first-order chi connectivity index (χ1) is 5.93. The molecule has 0 saturated heterocycles. The average Bonchev–Trinajstić information content (AvgIpc) is 2.33. The van der Waals surface area contributed by atoms with E-state index in [0.717, 1.165) is 19.0 Å². The third-order valence-corrected chi connectivity index (χ3v) is 2.70. The van der Waals surface area contributed by atoms with Crippen molar-refractivity contribution in [3.05, 3.63) is 0 Å². The van der Waals surface area contributed by atoms with Crippen LogP contribution in [0.25, 0.3) is 0 Å². The lowest BCUT2D eigenvalue weighted by Crippen LogP contribution is -2.25. The van der Waals surface area contributed by atoms with Gasteiger partial charge in [0, 0.05) is 6.54 Å². The number of rotatable bonds is 4. The lowest BCUT2D eigenvalue weighted by Gasteiger charge is -2.13. The van der Waals surface area contributed by atoms with Crippen molar-refractivity contribution in [2.75, 3.05) is 19.7 Å². The van der Waals surface area contributed by atoms with Gasteiger partial charge >= 0.3 is 0 Å². The van der Waals surface area contributed by atoms with Crippen molar-refractivity contribution in [1.82, 2.24) is 5.32 Å². The van der Waals surface area contributed by atoms with Crippen LogP contribution in [0.1, 0.15) is 38.5 Å². The summed E-state index contributed by atoms with van der Waals surface area (Å²) in [7, 11) is 0. The molecule has 0 unspecified atom stereocenters. The molecule has 1 rings (SSSR count). The van der Waals surface area contributed by atoms with E-state index in [-0.39, 0.29) is 6.61 Å². The number of aliphatic hydroxyl groups excluding tert-OH is 1. The van der Waals surface area contributed by atoms with Crippen molar-refractivity contribution in [2.45, 2.75) is 38.5 Å². The van der Waals surface area contributed by atoms with Crippen LogP contribution in [-0.2, 0) is 0 Å². The van der Waals surface area contributed by atoms with Gasteiger partial charge in [0.1, 0.15) is 0 Å². The molecule has 2 nitrogen and oxygen atoms in total. The molecule has 0 aromatic rings. The number of aliphatic hydroxyl groups is 1. The van der Waals surface area contributed by atoms with Gasteiger partial charge in [0.15, 0.2) is 0 Å². The Bertz CT molecular complexity index is 98.0. The summed E-state index contributed by atoms with van der Waals surface area (Å²) >= 11 is 0. The first-order valence-corrected chi connectivity index (χ1v) is 5.25. The van der Waals surface area contributed by atoms with Gasteiger partial charge in [0.2, 0.25) is 0 Å². The van der Waals surface area contributed by atoms with Gasteiger partial charge in [-0.2, -0.15) is 0 Å². The SMILES string of the molecule is OCCNCC1CCCCCC1. The van der Waals surface area contributed by atoms with Crippen LogP contribution >= 0.6 is 0 Å². The van der Waals surface area contributed by atoms with Crippen LogP contribution in [0.2, 0.25) is 0 Å². The van der Waals surface area contributed by atoms with Crippen LogP contribution in [0.4, 0.5) is 0 Å². The Kier molecular flexibility index (Phi) is 5.37.